The molecule has 0 unspecified atom stereocenters. The summed E-state index contributed by atoms with van der Waals surface area (Å²) in [5.41, 5.74) is 4.73. The van der Waals surface area contributed by atoms with Gasteiger partial charge in [-0.05, 0) is 18.1 Å². The largest absolute Gasteiger partial charge is 0.360 e. The fourth-order valence-electron chi connectivity index (χ4n) is 2.30. The van der Waals surface area contributed by atoms with E-state index in [0.29, 0.717) is 0 Å². The predicted molar refractivity (Wildman–Crippen MR) is 66.7 cm³/mol. The Morgan fingerprint density at radius 3 is 3.24 bits per heavy atom. The number of aryl methyl sites for hydroxylation is 1. The van der Waals surface area contributed by atoms with Crippen LogP contribution >= 0.6 is 0 Å². The van der Waals surface area contributed by atoms with Gasteiger partial charge in [0.2, 0.25) is 0 Å². The number of nitrogens with zero attached hydrogens (tertiary/aromatic N) is 1. The molecule has 2 heterocycles. The second-order valence-electron chi connectivity index (χ2n) is 4.41. The maximum absolute atomic E-state index is 5.43. The third-order valence-electron chi connectivity index (χ3n) is 3.31. The van der Waals surface area contributed by atoms with Crippen molar-refractivity contribution in [3.05, 3.63) is 41.2 Å². The Morgan fingerprint density at radius 1 is 1.41 bits per heavy atom. The highest BCUT2D eigenvalue weighted by Gasteiger charge is 2.19. The van der Waals surface area contributed by atoms with Crippen LogP contribution in [0, 0.1) is 0 Å². The zero-order valence-corrected chi connectivity index (χ0v) is 9.99. The van der Waals surface area contributed by atoms with Crippen molar-refractivity contribution in [3.63, 3.8) is 0 Å². The van der Waals surface area contributed by atoms with Gasteiger partial charge >= 0.3 is 0 Å². The lowest BCUT2D eigenvalue weighted by molar-refractivity contribution is 0.374. The number of hydrogen-bond donors (Lipinski definition) is 1. The van der Waals surface area contributed by atoms with Crippen molar-refractivity contribution in [3.8, 4) is 11.3 Å². The quantitative estimate of drug-likeness (QED) is 0.858. The molecule has 0 saturated carbocycles. The van der Waals surface area contributed by atoms with E-state index in [1.165, 1.54) is 11.1 Å². The summed E-state index contributed by atoms with van der Waals surface area (Å²) >= 11 is 0. The van der Waals surface area contributed by atoms with Crippen LogP contribution in [-0.2, 0) is 19.4 Å². The van der Waals surface area contributed by atoms with Crippen LogP contribution in [0.15, 0.2) is 28.8 Å². The lowest BCUT2D eigenvalue weighted by Crippen LogP contribution is -2.22. The first-order valence-electron chi connectivity index (χ1n) is 6.16. The molecule has 2 aromatic rings. The molecule has 3 rings (SSSR count). The molecule has 1 aromatic carbocycles. The van der Waals surface area contributed by atoms with Crippen LogP contribution in [0.3, 0.4) is 0 Å². The number of hydrogen-bond acceptors (Lipinski definition) is 3. The molecule has 17 heavy (non-hydrogen) atoms. The van der Waals surface area contributed by atoms with Crippen molar-refractivity contribution in [2.24, 2.45) is 0 Å². The fourth-order valence-corrected chi connectivity index (χ4v) is 2.30. The van der Waals surface area contributed by atoms with Gasteiger partial charge in [-0.3, -0.25) is 0 Å². The first-order valence-corrected chi connectivity index (χ1v) is 6.16. The van der Waals surface area contributed by atoms with Crippen LogP contribution in [0.5, 0.6) is 0 Å². The predicted octanol–water partition coefficient (Wildman–Crippen LogP) is 2.55. The van der Waals surface area contributed by atoms with E-state index in [1.54, 1.807) is 0 Å². The Hall–Kier alpha value is -1.61. The monoisotopic (exact) mass is 228 g/mol. The first-order chi connectivity index (χ1) is 8.38. The fraction of sp³-hybridized carbons (Fsp3) is 0.357. The molecule has 0 bridgehead atoms. The van der Waals surface area contributed by atoms with Crippen LogP contribution in [0.2, 0.25) is 0 Å². The second kappa shape index (κ2) is 4.34. The SMILES string of the molecule is CCc1cccc(-c2noc3c2CNCC3)c1. The van der Waals surface area contributed by atoms with E-state index in [-0.39, 0.29) is 0 Å². The standard InChI is InChI=1S/C14H16N2O/c1-2-10-4-3-5-11(8-10)14-12-9-15-7-6-13(12)17-16-14/h3-5,8,15H,2,6-7,9H2,1H3. The molecule has 0 atom stereocenters. The van der Waals surface area contributed by atoms with Crippen molar-refractivity contribution in [1.29, 1.82) is 0 Å². The van der Waals surface area contributed by atoms with Crippen LogP contribution < -0.4 is 5.32 Å². The molecule has 0 fully saturated rings. The minimum absolute atomic E-state index is 0.866. The summed E-state index contributed by atoms with van der Waals surface area (Å²) in [5, 5.41) is 7.59. The van der Waals surface area contributed by atoms with Crippen LogP contribution in [0.4, 0.5) is 0 Å². The third kappa shape index (κ3) is 1.87. The molecule has 3 nitrogen and oxygen atoms in total. The summed E-state index contributed by atoms with van der Waals surface area (Å²) in [6, 6.07) is 8.54. The first kappa shape index (κ1) is 10.5. The highest BCUT2D eigenvalue weighted by Crippen LogP contribution is 2.28. The lowest BCUT2D eigenvalue weighted by atomic mass is 10.0. The van der Waals surface area contributed by atoms with Crippen LogP contribution in [-0.4, -0.2) is 11.7 Å². The van der Waals surface area contributed by atoms with Gasteiger partial charge in [0.15, 0.2) is 0 Å². The van der Waals surface area contributed by atoms with E-state index < -0.39 is 0 Å². The molecule has 0 radical (unpaired) electrons. The number of aromatic nitrogens is 1. The van der Waals surface area contributed by atoms with Crippen molar-refractivity contribution in [2.75, 3.05) is 6.54 Å². The van der Waals surface area contributed by atoms with Gasteiger partial charge in [-0.15, -0.1) is 0 Å². The van der Waals surface area contributed by atoms with E-state index in [0.717, 1.165) is 42.9 Å². The second-order valence-corrected chi connectivity index (χ2v) is 4.41. The third-order valence-corrected chi connectivity index (χ3v) is 3.31. The minimum atomic E-state index is 0.866. The van der Waals surface area contributed by atoms with Gasteiger partial charge in [0.1, 0.15) is 11.5 Å². The van der Waals surface area contributed by atoms with Gasteiger partial charge < -0.3 is 9.84 Å². The van der Waals surface area contributed by atoms with Gasteiger partial charge in [-0.25, -0.2) is 0 Å². The highest BCUT2D eigenvalue weighted by atomic mass is 16.5. The maximum Gasteiger partial charge on any atom is 0.143 e. The van der Waals surface area contributed by atoms with E-state index >= 15 is 0 Å². The topological polar surface area (TPSA) is 38.1 Å². The molecule has 0 spiro atoms. The van der Waals surface area contributed by atoms with Gasteiger partial charge in [0, 0.05) is 30.6 Å². The van der Waals surface area contributed by atoms with Gasteiger partial charge in [-0.2, -0.15) is 0 Å². The van der Waals surface area contributed by atoms with E-state index in [4.69, 9.17) is 4.52 Å². The summed E-state index contributed by atoms with van der Waals surface area (Å²) in [7, 11) is 0. The molecular weight excluding hydrogens is 212 g/mol. The van der Waals surface area contributed by atoms with Crippen molar-refractivity contribution < 1.29 is 4.52 Å². The summed E-state index contributed by atoms with van der Waals surface area (Å²) in [4.78, 5) is 0. The Balaban J connectivity index is 2.05. The Kier molecular flexibility index (Phi) is 2.69. The molecule has 1 aliphatic heterocycles. The van der Waals surface area contributed by atoms with Crippen molar-refractivity contribution in [2.45, 2.75) is 26.3 Å². The molecule has 88 valence electrons. The normalized spacial score (nSPS) is 14.6. The van der Waals surface area contributed by atoms with Gasteiger partial charge in [-0.1, -0.05) is 30.3 Å². The Labute approximate surface area is 101 Å². The van der Waals surface area contributed by atoms with Gasteiger partial charge in [0.25, 0.3) is 0 Å². The maximum atomic E-state index is 5.43. The van der Waals surface area contributed by atoms with Crippen molar-refractivity contribution >= 4 is 0 Å². The molecule has 1 aliphatic rings. The molecular formula is C14H16N2O. The zero-order chi connectivity index (χ0) is 11.7. The van der Waals surface area contributed by atoms with Crippen LogP contribution in [0.1, 0.15) is 23.8 Å². The number of rotatable bonds is 2. The minimum Gasteiger partial charge on any atom is -0.360 e. The highest BCUT2D eigenvalue weighted by molar-refractivity contribution is 5.64. The zero-order valence-electron chi connectivity index (χ0n) is 9.99. The molecule has 3 heteroatoms. The average Bonchev–Trinajstić information content (AvgIpc) is 2.82. The number of benzene rings is 1. The summed E-state index contributed by atoms with van der Waals surface area (Å²) in [6.45, 7) is 4.01. The Morgan fingerprint density at radius 2 is 2.35 bits per heavy atom. The number of fused-ring (bicyclic) bond motifs is 1. The summed E-state index contributed by atoms with van der Waals surface area (Å²) < 4.78 is 5.43. The molecule has 0 saturated heterocycles. The van der Waals surface area contributed by atoms with Crippen LogP contribution in [0.25, 0.3) is 11.3 Å². The number of nitrogens with one attached hydrogen (secondary N) is 1. The summed E-state index contributed by atoms with van der Waals surface area (Å²) in [5.74, 6) is 1.04. The van der Waals surface area contributed by atoms with Crippen molar-refractivity contribution in [1.82, 2.24) is 10.5 Å². The lowest BCUT2D eigenvalue weighted by Gasteiger charge is -2.11. The molecule has 0 amide bonds. The molecule has 0 aliphatic carbocycles. The Bertz CT molecular complexity index is 531. The van der Waals surface area contributed by atoms with E-state index in [1.807, 2.05) is 0 Å². The van der Waals surface area contributed by atoms with E-state index in [2.05, 4.69) is 41.7 Å². The van der Waals surface area contributed by atoms with Gasteiger partial charge in [0.05, 0.1) is 0 Å². The molecule has 1 aromatic heterocycles. The van der Waals surface area contributed by atoms with E-state index in [9.17, 15) is 0 Å². The smallest absolute Gasteiger partial charge is 0.143 e. The average molecular weight is 228 g/mol. The summed E-state index contributed by atoms with van der Waals surface area (Å²) in [6.07, 6.45) is 1.99. The molecule has 1 N–H and O–H groups in total.